The van der Waals surface area contributed by atoms with E-state index >= 15 is 0 Å². The van der Waals surface area contributed by atoms with Crippen LogP contribution in [0.25, 0.3) is 0 Å². The molecule has 2 aromatic rings. The maximum Gasteiger partial charge on any atom is 0.305 e. The number of ether oxygens (including phenoxy) is 2. The summed E-state index contributed by atoms with van der Waals surface area (Å²) in [7, 11) is 1.41. The molecule has 0 unspecified atom stereocenters. The normalized spacial score (nSPS) is 26.1. The van der Waals surface area contributed by atoms with Crippen LogP contribution in [0.1, 0.15) is 37.7 Å². The summed E-state index contributed by atoms with van der Waals surface area (Å²) in [5.41, 5.74) is 1.86. The number of benzene rings is 2. The Labute approximate surface area is 194 Å². The highest BCUT2D eigenvalue weighted by Crippen LogP contribution is 2.56. The van der Waals surface area contributed by atoms with Gasteiger partial charge < -0.3 is 14.8 Å². The predicted molar refractivity (Wildman–Crippen MR) is 124 cm³/mol. The molecule has 0 spiro atoms. The number of esters is 1. The van der Waals surface area contributed by atoms with Crippen LogP contribution < -0.4 is 5.32 Å². The van der Waals surface area contributed by atoms with Crippen LogP contribution in [0.15, 0.2) is 60.7 Å². The van der Waals surface area contributed by atoms with Crippen molar-refractivity contribution < 1.29 is 23.0 Å². The maximum absolute atomic E-state index is 13.6. The van der Waals surface area contributed by atoms with Crippen molar-refractivity contribution in [3.8, 4) is 0 Å². The third kappa shape index (κ3) is 5.27. The van der Waals surface area contributed by atoms with E-state index in [1.54, 1.807) is 12.1 Å². The Morgan fingerprint density at radius 1 is 1.12 bits per heavy atom. The largest absolute Gasteiger partial charge is 0.469 e. The molecule has 33 heavy (non-hydrogen) atoms. The average molecular weight is 456 g/mol. The second-order valence-corrected chi connectivity index (χ2v) is 9.05. The van der Waals surface area contributed by atoms with E-state index in [4.69, 9.17) is 9.47 Å². The summed E-state index contributed by atoms with van der Waals surface area (Å²) in [6.45, 7) is 1.36. The number of halogens is 2. The molecule has 6 heteroatoms. The number of carbonyl (C=O) groups excluding carboxylic acids is 1. The molecule has 1 aliphatic heterocycles. The standard InChI is InChI=1S/C27H31F2NO3/c1-32-26(31)7-5-3-2-4-6-24-23(17-30-22-14-12-21(29)13-15-22)25-16-27(24,18-33-25)19-8-10-20(28)11-9-19/h2,4,8-15,23-25,30H,3,5-7,16-18H2,1H3/t23-,24-,25-,27-/m0/s1. The minimum Gasteiger partial charge on any atom is -0.469 e. The van der Waals surface area contributed by atoms with Crippen LogP contribution in [0.5, 0.6) is 0 Å². The van der Waals surface area contributed by atoms with Gasteiger partial charge in [0, 0.05) is 30.0 Å². The second kappa shape index (κ2) is 10.5. The van der Waals surface area contributed by atoms with Gasteiger partial charge in [0.25, 0.3) is 0 Å². The average Bonchev–Trinajstić information content (AvgIpc) is 3.39. The topological polar surface area (TPSA) is 47.6 Å². The molecule has 1 N–H and O–H groups in total. The van der Waals surface area contributed by atoms with E-state index in [1.807, 2.05) is 12.1 Å². The number of unbranched alkanes of at least 4 members (excludes halogenated alkanes) is 1. The van der Waals surface area contributed by atoms with Crippen LogP contribution in [0.2, 0.25) is 0 Å². The third-order valence-electron chi connectivity index (χ3n) is 7.17. The van der Waals surface area contributed by atoms with Crippen molar-refractivity contribution in [2.24, 2.45) is 11.8 Å². The SMILES string of the molecule is COC(=O)CCCC=CC[C@H]1[C@H](CNc2ccc(F)cc2)[C@@H]2C[C@@]1(c1ccc(F)cc1)CO2. The lowest BCUT2D eigenvalue weighted by molar-refractivity contribution is -0.140. The summed E-state index contributed by atoms with van der Waals surface area (Å²) >= 11 is 0. The Balaban J connectivity index is 1.48. The highest BCUT2D eigenvalue weighted by molar-refractivity contribution is 5.69. The van der Waals surface area contributed by atoms with Crippen molar-refractivity contribution >= 4 is 11.7 Å². The number of methoxy groups -OCH3 is 1. The summed E-state index contributed by atoms with van der Waals surface area (Å²) < 4.78 is 37.8. The second-order valence-electron chi connectivity index (χ2n) is 9.05. The van der Waals surface area contributed by atoms with Crippen LogP contribution in [0.3, 0.4) is 0 Å². The van der Waals surface area contributed by atoms with E-state index in [1.165, 1.54) is 31.4 Å². The van der Waals surface area contributed by atoms with E-state index in [2.05, 4.69) is 17.5 Å². The number of rotatable bonds is 10. The number of fused-ring (bicyclic) bond motifs is 2. The van der Waals surface area contributed by atoms with Crippen LogP contribution in [0, 0.1) is 23.5 Å². The minimum atomic E-state index is -0.255. The quantitative estimate of drug-likeness (QED) is 0.286. The van der Waals surface area contributed by atoms with Gasteiger partial charge in [0.2, 0.25) is 0 Å². The summed E-state index contributed by atoms with van der Waals surface area (Å²) in [5, 5.41) is 3.45. The number of carbonyl (C=O) groups is 1. The molecule has 1 heterocycles. The zero-order chi connectivity index (χ0) is 23.3. The molecule has 2 aromatic carbocycles. The van der Waals surface area contributed by atoms with Gasteiger partial charge in [0.15, 0.2) is 0 Å². The van der Waals surface area contributed by atoms with Crippen LogP contribution in [-0.4, -0.2) is 32.3 Å². The number of nitrogens with one attached hydrogen (secondary N) is 1. The minimum absolute atomic E-state index is 0.126. The fourth-order valence-electron chi connectivity index (χ4n) is 5.44. The van der Waals surface area contributed by atoms with E-state index in [9.17, 15) is 13.6 Å². The van der Waals surface area contributed by atoms with Gasteiger partial charge in [-0.15, -0.1) is 0 Å². The molecular formula is C27H31F2NO3. The summed E-state index contributed by atoms with van der Waals surface area (Å²) in [4.78, 5) is 11.3. The lowest BCUT2D eigenvalue weighted by atomic mass is 9.69. The van der Waals surface area contributed by atoms with Crippen molar-refractivity contribution in [2.45, 2.75) is 43.6 Å². The van der Waals surface area contributed by atoms with Gasteiger partial charge in [-0.05, 0) is 73.6 Å². The van der Waals surface area contributed by atoms with E-state index < -0.39 is 0 Å². The molecule has 2 fully saturated rings. The fraction of sp³-hybridized carbons (Fsp3) is 0.444. The lowest BCUT2D eigenvalue weighted by Gasteiger charge is -2.39. The number of allylic oxidation sites excluding steroid dienone is 2. The van der Waals surface area contributed by atoms with Crippen LogP contribution >= 0.6 is 0 Å². The van der Waals surface area contributed by atoms with Crippen molar-refractivity contribution in [1.82, 2.24) is 0 Å². The molecule has 0 radical (unpaired) electrons. The first-order valence-electron chi connectivity index (χ1n) is 11.6. The molecule has 4 rings (SSSR count). The Kier molecular flexibility index (Phi) is 7.43. The van der Waals surface area contributed by atoms with Crippen LogP contribution in [-0.2, 0) is 19.7 Å². The van der Waals surface area contributed by atoms with E-state index in [-0.39, 0.29) is 35.0 Å². The Morgan fingerprint density at radius 2 is 1.82 bits per heavy atom. The number of hydrogen-bond acceptors (Lipinski definition) is 4. The maximum atomic E-state index is 13.6. The van der Waals surface area contributed by atoms with E-state index in [0.29, 0.717) is 18.9 Å². The summed E-state index contributed by atoms with van der Waals surface area (Å²) in [5.74, 6) is -0.0783. The van der Waals surface area contributed by atoms with Gasteiger partial charge >= 0.3 is 5.97 Å². The highest BCUT2D eigenvalue weighted by Gasteiger charge is 2.58. The molecule has 4 nitrogen and oxygen atoms in total. The molecule has 2 bridgehead atoms. The first kappa shape index (κ1) is 23.4. The van der Waals surface area contributed by atoms with Crippen molar-refractivity contribution in [3.63, 3.8) is 0 Å². The molecular weight excluding hydrogens is 424 g/mol. The third-order valence-corrected chi connectivity index (χ3v) is 7.17. The van der Waals surface area contributed by atoms with Crippen molar-refractivity contribution in [1.29, 1.82) is 0 Å². The first-order chi connectivity index (χ1) is 16.0. The van der Waals surface area contributed by atoms with Crippen LogP contribution in [0.4, 0.5) is 14.5 Å². The molecule has 1 saturated heterocycles. The number of anilines is 1. The summed E-state index contributed by atoms with van der Waals surface area (Å²) in [6, 6.07) is 13.2. The zero-order valence-corrected chi connectivity index (χ0v) is 18.9. The van der Waals surface area contributed by atoms with Gasteiger partial charge in [-0.25, -0.2) is 8.78 Å². The summed E-state index contributed by atoms with van der Waals surface area (Å²) in [6.07, 6.45) is 8.27. The Morgan fingerprint density at radius 3 is 2.52 bits per heavy atom. The van der Waals surface area contributed by atoms with Gasteiger partial charge in [0.1, 0.15) is 11.6 Å². The van der Waals surface area contributed by atoms with Gasteiger partial charge in [-0.3, -0.25) is 4.79 Å². The molecule has 4 atom stereocenters. The van der Waals surface area contributed by atoms with Gasteiger partial charge in [-0.2, -0.15) is 0 Å². The van der Waals surface area contributed by atoms with Crippen molar-refractivity contribution in [2.75, 3.05) is 25.6 Å². The zero-order valence-electron chi connectivity index (χ0n) is 18.9. The fourth-order valence-corrected chi connectivity index (χ4v) is 5.44. The molecule has 176 valence electrons. The first-order valence-corrected chi connectivity index (χ1v) is 11.6. The molecule has 1 saturated carbocycles. The molecule has 1 aliphatic carbocycles. The Hall–Kier alpha value is -2.73. The van der Waals surface area contributed by atoms with Gasteiger partial charge in [-0.1, -0.05) is 24.3 Å². The number of hydrogen-bond donors (Lipinski definition) is 1. The molecule has 0 aromatic heterocycles. The predicted octanol–water partition coefficient (Wildman–Crippen LogP) is 5.64. The Bertz CT molecular complexity index is 960. The lowest BCUT2D eigenvalue weighted by Crippen LogP contribution is -2.42. The highest BCUT2D eigenvalue weighted by atomic mass is 19.1. The van der Waals surface area contributed by atoms with E-state index in [0.717, 1.165) is 43.5 Å². The van der Waals surface area contributed by atoms with Crippen molar-refractivity contribution in [3.05, 3.63) is 77.9 Å². The molecule has 2 aliphatic rings. The monoisotopic (exact) mass is 455 g/mol. The smallest absolute Gasteiger partial charge is 0.305 e. The van der Waals surface area contributed by atoms with Gasteiger partial charge in [0.05, 0.1) is 19.8 Å². The molecule has 0 amide bonds.